The van der Waals surface area contributed by atoms with Crippen LogP contribution in [0.25, 0.3) is 0 Å². The zero-order chi connectivity index (χ0) is 16.8. The fourth-order valence-electron chi connectivity index (χ4n) is 2.71. The van der Waals surface area contributed by atoms with Crippen molar-refractivity contribution in [1.82, 2.24) is 24.2 Å². The third kappa shape index (κ3) is 4.31. The van der Waals surface area contributed by atoms with E-state index in [0.717, 1.165) is 24.5 Å². The fraction of sp³-hybridized carbons (Fsp3) is 0.333. The van der Waals surface area contributed by atoms with Gasteiger partial charge in [0.1, 0.15) is 5.82 Å². The van der Waals surface area contributed by atoms with E-state index in [0.29, 0.717) is 13.1 Å². The zero-order valence-corrected chi connectivity index (χ0v) is 13.9. The second-order valence-electron chi connectivity index (χ2n) is 5.92. The Bertz CT molecular complexity index is 750. The minimum Gasteiger partial charge on any atom is -0.395 e. The molecule has 126 valence electrons. The highest BCUT2D eigenvalue weighted by Crippen LogP contribution is 2.09. The van der Waals surface area contributed by atoms with E-state index >= 15 is 0 Å². The van der Waals surface area contributed by atoms with E-state index in [9.17, 15) is 5.11 Å². The van der Waals surface area contributed by atoms with E-state index in [1.165, 1.54) is 5.56 Å². The van der Waals surface area contributed by atoms with Crippen LogP contribution < -0.4 is 0 Å². The summed E-state index contributed by atoms with van der Waals surface area (Å²) in [7, 11) is 1.98. The smallest absolute Gasteiger partial charge is 0.122 e. The van der Waals surface area contributed by atoms with Crippen LogP contribution in [-0.2, 0) is 26.7 Å². The summed E-state index contributed by atoms with van der Waals surface area (Å²) in [6.45, 7) is 2.94. The Morgan fingerprint density at radius 1 is 1.12 bits per heavy atom. The van der Waals surface area contributed by atoms with Crippen LogP contribution in [0.5, 0.6) is 0 Å². The molecule has 0 saturated carbocycles. The molecule has 0 saturated heterocycles. The molecule has 0 aliphatic heterocycles. The van der Waals surface area contributed by atoms with Gasteiger partial charge in [0, 0.05) is 44.3 Å². The maximum Gasteiger partial charge on any atom is 0.122 e. The molecule has 3 rings (SSSR count). The SMILES string of the molecule is Cn1ccnc1CN(CCO)Cc1cnn(Cc2ccccc2)c1. The highest BCUT2D eigenvalue weighted by Gasteiger charge is 2.11. The van der Waals surface area contributed by atoms with Crippen molar-refractivity contribution in [3.05, 3.63) is 72.1 Å². The van der Waals surface area contributed by atoms with Crippen LogP contribution in [0.4, 0.5) is 0 Å². The van der Waals surface area contributed by atoms with E-state index in [-0.39, 0.29) is 6.61 Å². The van der Waals surface area contributed by atoms with Crippen LogP contribution in [0, 0.1) is 0 Å². The predicted molar refractivity (Wildman–Crippen MR) is 92.2 cm³/mol. The van der Waals surface area contributed by atoms with E-state index in [1.54, 1.807) is 6.20 Å². The van der Waals surface area contributed by atoms with Crippen molar-refractivity contribution < 1.29 is 5.11 Å². The maximum absolute atomic E-state index is 9.32. The quantitative estimate of drug-likeness (QED) is 0.684. The minimum absolute atomic E-state index is 0.128. The Hall–Kier alpha value is -2.44. The van der Waals surface area contributed by atoms with Crippen molar-refractivity contribution in [3.8, 4) is 0 Å². The molecule has 0 amide bonds. The van der Waals surface area contributed by atoms with E-state index in [2.05, 4.69) is 33.3 Å². The number of hydrogen-bond donors (Lipinski definition) is 1. The number of hydrogen-bond acceptors (Lipinski definition) is 4. The number of aryl methyl sites for hydroxylation is 1. The number of aromatic nitrogens is 4. The lowest BCUT2D eigenvalue weighted by Gasteiger charge is -2.20. The van der Waals surface area contributed by atoms with Crippen LogP contribution >= 0.6 is 0 Å². The lowest BCUT2D eigenvalue weighted by Crippen LogP contribution is -2.27. The summed E-state index contributed by atoms with van der Waals surface area (Å²) >= 11 is 0. The molecule has 6 nitrogen and oxygen atoms in total. The largest absolute Gasteiger partial charge is 0.395 e. The molecule has 6 heteroatoms. The average molecular weight is 325 g/mol. The molecule has 2 aromatic heterocycles. The molecular formula is C18H23N5O. The average Bonchev–Trinajstić information content (AvgIpc) is 3.18. The van der Waals surface area contributed by atoms with E-state index in [4.69, 9.17) is 0 Å². The third-order valence-electron chi connectivity index (χ3n) is 3.98. The van der Waals surface area contributed by atoms with Crippen LogP contribution in [0.3, 0.4) is 0 Å². The zero-order valence-electron chi connectivity index (χ0n) is 13.9. The fourth-order valence-corrected chi connectivity index (χ4v) is 2.71. The predicted octanol–water partition coefficient (Wildman–Crippen LogP) is 1.66. The second-order valence-corrected chi connectivity index (χ2v) is 5.92. The maximum atomic E-state index is 9.32. The Balaban J connectivity index is 1.63. The molecule has 24 heavy (non-hydrogen) atoms. The van der Waals surface area contributed by atoms with Gasteiger partial charge in [-0.15, -0.1) is 0 Å². The van der Waals surface area contributed by atoms with Crippen LogP contribution in [-0.4, -0.2) is 42.5 Å². The molecule has 1 N–H and O–H groups in total. The normalized spacial score (nSPS) is 11.3. The Labute approximate surface area is 142 Å². The van der Waals surface area contributed by atoms with E-state index in [1.807, 2.05) is 46.9 Å². The van der Waals surface area contributed by atoms with Crippen LogP contribution in [0.2, 0.25) is 0 Å². The molecule has 0 aliphatic carbocycles. The minimum atomic E-state index is 0.128. The monoisotopic (exact) mass is 325 g/mol. The molecular weight excluding hydrogens is 302 g/mol. The van der Waals surface area contributed by atoms with Crippen LogP contribution in [0.1, 0.15) is 17.0 Å². The van der Waals surface area contributed by atoms with Crippen molar-refractivity contribution in [2.75, 3.05) is 13.2 Å². The molecule has 2 heterocycles. The summed E-state index contributed by atoms with van der Waals surface area (Å²) < 4.78 is 3.95. The third-order valence-corrected chi connectivity index (χ3v) is 3.98. The molecule has 0 atom stereocenters. The van der Waals surface area contributed by atoms with Gasteiger partial charge in [0.15, 0.2) is 0 Å². The van der Waals surface area contributed by atoms with Crippen LogP contribution in [0.15, 0.2) is 55.1 Å². The summed E-state index contributed by atoms with van der Waals surface area (Å²) in [6.07, 6.45) is 7.69. The van der Waals surface area contributed by atoms with Gasteiger partial charge in [-0.2, -0.15) is 5.10 Å². The van der Waals surface area contributed by atoms with Crippen molar-refractivity contribution in [1.29, 1.82) is 0 Å². The molecule has 0 radical (unpaired) electrons. The molecule has 0 bridgehead atoms. The number of aliphatic hydroxyl groups is 1. The number of nitrogens with zero attached hydrogens (tertiary/aromatic N) is 5. The van der Waals surface area contributed by atoms with E-state index < -0.39 is 0 Å². The molecule has 1 aromatic carbocycles. The molecule has 0 unspecified atom stereocenters. The first-order valence-electron chi connectivity index (χ1n) is 8.09. The van der Waals surface area contributed by atoms with Gasteiger partial charge in [-0.3, -0.25) is 9.58 Å². The Kier molecular flexibility index (Phi) is 5.40. The lowest BCUT2D eigenvalue weighted by molar-refractivity contribution is 0.180. The first-order chi connectivity index (χ1) is 11.7. The molecule has 0 spiro atoms. The Morgan fingerprint density at radius 2 is 1.96 bits per heavy atom. The summed E-state index contributed by atoms with van der Waals surface area (Å²) in [4.78, 5) is 6.53. The van der Waals surface area contributed by atoms with Gasteiger partial charge in [0.25, 0.3) is 0 Å². The second kappa shape index (κ2) is 7.90. The van der Waals surface area contributed by atoms with Crippen molar-refractivity contribution in [2.24, 2.45) is 7.05 Å². The number of benzene rings is 1. The lowest BCUT2D eigenvalue weighted by atomic mass is 10.2. The standard InChI is InChI=1S/C18H23N5O/c1-21-8-7-19-18(21)15-22(9-10-24)12-17-11-20-23(14-17)13-16-5-3-2-4-6-16/h2-8,11,14,24H,9-10,12-13,15H2,1H3. The van der Waals surface area contributed by atoms with Gasteiger partial charge >= 0.3 is 0 Å². The van der Waals surface area contributed by atoms with Crippen molar-refractivity contribution >= 4 is 0 Å². The summed E-state index contributed by atoms with van der Waals surface area (Å²) in [5, 5.41) is 13.8. The molecule has 0 fully saturated rings. The van der Waals surface area contributed by atoms with Gasteiger partial charge in [0.2, 0.25) is 0 Å². The summed E-state index contributed by atoms with van der Waals surface area (Å²) in [5.41, 5.74) is 2.36. The summed E-state index contributed by atoms with van der Waals surface area (Å²) in [6, 6.07) is 10.3. The Morgan fingerprint density at radius 3 is 2.67 bits per heavy atom. The van der Waals surface area contributed by atoms with Gasteiger partial charge in [-0.1, -0.05) is 30.3 Å². The van der Waals surface area contributed by atoms with Crippen molar-refractivity contribution in [3.63, 3.8) is 0 Å². The molecule has 3 aromatic rings. The number of aliphatic hydroxyl groups excluding tert-OH is 1. The van der Waals surface area contributed by atoms with Gasteiger partial charge in [-0.05, 0) is 5.56 Å². The number of rotatable bonds is 8. The van der Waals surface area contributed by atoms with Gasteiger partial charge in [0.05, 0.1) is 25.9 Å². The first-order valence-corrected chi connectivity index (χ1v) is 8.09. The molecule has 0 aliphatic rings. The first kappa shape index (κ1) is 16.4. The highest BCUT2D eigenvalue weighted by atomic mass is 16.3. The summed E-state index contributed by atoms with van der Waals surface area (Å²) in [5.74, 6) is 0.986. The number of imidazole rings is 1. The van der Waals surface area contributed by atoms with Gasteiger partial charge in [-0.25, -0.2) is 4.98 Å². The topological polar surface area (TPSA) is 59.1 Å². The van der Waals surface area contributed by atoms with Crippen molar-refractivity contribution in [2.45, 2.75) is 19.6 Å². The highest BCUT2D eigenvalue weighted by molar-refractivity contribution is 5.15. The van der Waals surface area contributed by atoms with Gasteiger partial charge < -0.3 is 9.67 Å².